The number of fused-ring (bicyclic) bond motifs is 1. The minimum atomic E-state index is -2.27. The number of aromatic amines is 1. The van der Waals surface area contributed by atoms with Gasteiger partial charge in [-0.05, 0) is 74.5 Å². The zero-order valence-corrected chi connectivity index (χ0v) is 21.5. The summed E-state index contributed by atoms with van der Waals surface area (Å²) in [5, 5.41) is 33.2. The zero-order valence-electron chi connectivity index (χ0n) is 20.7. The Labute approximate surface area is 226 Å². The van der Waals surface area contributed by atoms with Crippen molar-refractivity contribution in [2.75, 3.05) is 19.6 Å². The SMILES string of the molecule is O=C(O)[C@H](O)[C@@H](O)C(=O)O.O=C(c1ccc(F)cc1)C1CCN(CCn2c(=S)[nH]c3ccccc3c2=O)CC1. The van der Waals surface area contributed by atoms with Gasteiger partial charge in [-0.2, -0.15) is 0 Å². The van der Waals surface area contributed by atoms with Crippen LogP contribution >= 0.6 is 12.2 Å². The molecule has 11 nitrogen and oxygen atoms in total. The third-order valence-corrected chi connectivity index (χ3v) is 6.74. The number of para-hydroxylation sites is 1. The quantitative estimate of drug-likeness (QED) is 0.201. The Morgan fingerprint density at radius 3 is 2.08 bits per heavy atom. The smallest absolute Gasteiger partial charge is 0.335 e. The van der Waals surface area contributed by atoms with Crippen LogP contribution in [0.1, 0.15) is 23.2 Å². The third kappa shape index (κ3) is 7.63. The number of carbonyl (C=O) groups is 3. The minimum Gasteiger partial charge on any atom is -0.479 e. The van der Waals surface area contributed by atoms with E-state index in [-0.39, 0.29) is 23.1 Å². The first-order valence-electron chi connectivity index (χ1n) is 12.0. The fraction of sp³-hybridized carbons (Fsp3) is 0.346. The van der Waals surface area contributed by atoms with Crippen molar-refractivity contribution in [3.8, 4) is 0 Å². The predicted octanol–water partition coefficient (Wildman–Crippen LogP) is 1.67. The molecule has 0 radical (unpaired) electrons. The number of carboxylic acid groups (broad SMARTS) is 2. The van der Waals surface area contributed by atoms with Crippen LogP contribution in [0, 0.1) is 16.5 Å². The maximum absolute atomic E-state index is 13.1. The largest absolute Gasteiger partial charge is 0.479 e. The van der Waals surface area contributed by atoms with Crippen LogP contribution < -0.4 is 5.56 Å². The van der Waals surface area contributed by atoms with Gasteiger partial charge in [-0.15, -0.1) is 0 Å². The molecule has 208 valence electrons. The molecule has 0 spiro atoms. The van der Waals surface area contributed by atoms with Gasteiger partial charge in [-0.25, -0.2) is 14.0 Å². The number of aliphatic hydroxyl groups is 2. The van der Waals surface area contributed by atoms with Crippen LogP contribution in [-0.4, -0.2) is 84.4 Å². The number of carbonyl (C=O) groups excluding carboxylic acids is 1. The number of H-pyrrole nitrogens is 1. The first-order chi connectivity index (χ1) is 18.5. The lowest BCUT2D eigenvalue weighted by Crippen LogP contribution is -2.39. The minimum absolute atomic E-state index is 0.0389. The molecule has 1 aromatic heterocycles. The molecule has 2 aromatic carbocycles. The molecule has 1 saturated heterocycles. The summed E-state index contributed by atoms with van der Waals surface area (Å²) in [6, 6.07) is 13.1. The highest BCUT2D eigenvalue weighted by Gasteiger charge is 2.29. The van der Waals surface area contributed by atoms with Crippen molar-refractivity contribution in [3.05, 3.63) is 75.0 Å². The van der Waals surface area contributed by atoms with E-state index in [0.29, 0.717) is 28.8 Å². The zero-order chi connectivity index (χ0) is 28.7. The number of ketones is 1. The molecule has 13 heteroatoms. The van der Waals surface area contributed by atoms with E-state index in [4.69, 9.17) is 32.6 Å². The number of likely N-dealkylation sites (tertiary alicyclic amines) is 1. The van der Waals surface area contributed by atoms with Crippen molar-refractivity contribution in [2.45, 2.75) is 31.6 Å². The number of aliphatic hydroxyl groups excluding tert-OH is 2. The monoisotopic (exact) mass is 561 g/mol. The van der Waals surface area contributed by atoms with E-state index in [9.17, 15) is 23.6 Å². The average molecular weight is 562 g/mol. The molecule has 0 saturated carbocycles. The molecule has 0 aliphatic carbocycles. The number of hydrogen-bond donors (Lipinski definition) is 5. The van der Waals surface area contributed by atoms with Crippen molar-refractivity contribution in [1.29, 1.82) is 0 Å². The summed E-state index contributed by atoms with van der Waals surface area (Å²) in [6.07, 6.45) is -3.01. The number of halogens is 1. The van der Waals surface area contributed by atoms with Crippen molar-refractivity contribution < 1.29 is 39.2 Å². The van der Waals surface area contributed by atoms with E-state index < -0.39 is 24.1 Å². The highest BCUT2D eigenvalue weighted by atomic mass is 32.1. The molecular weight excluding hydrogens is 533 g/mol. The maximum Gasteiger partial charge on any atom is 0.335 e. The van der Waals surface area contributed by atoms with Gasteiger partial charge < -0.3 is 30.3 Å². The molecule has 0 amide bonds. The van der Waals surface area contributed by atoms with Crippen LogP contribution in [0.5, 0.6) is 0 Å². The Hall–Kier alpha value is -3.78. The average Bonchev–Trinajstić information content (AvgIpc) is 2.92. The van der Waals surface area contributed by atoms with Crippen molar-refractivity contribution in [2.24, 2.45) is 5.92 Å². The fourth-order valence-electron chi connectivity index (χ4n) is 4.18. The first-order valence-corrected chi connectivity index (χ1v) is 12.5. The lowest BCUT2D eigenvalue weighted by molar-refractivity contribution is -0.165. The first kappa shape index (κ1) is 29.8. The maximum atomic E-state index is 13.1. The molecule has 2 heterocycles. The van der Waals surface area contributed by atoms with Crippen LogP contribution in [0.4, 0.5) is 4.39 Å². The van der Waals surface area contributed by atoms with Gasteiger partial charge >= 0.3 is 11.9 Å². The highest BCUT2D eigenvalue weighted by molar-refractivity contribution is 7.71. The van der Waals surface area contributed by atoms with E-state index >= 15 is 0 Å². The van der Waals surface area contributed by atoms with Crippen molar-refractivity contribution in [1.82, 2.24) is 14.5 Å². The third-order valence-electron chi connectivity index (χ3n) is 6.42. The van der Waals surface area contributed by atoms with E-state index in [0.717, 1.165) is 31.4 Å². The Bertz CT molecular complexity index is 1430. The van der Waals surface area contributed by atoms with Gasteiger partial charge in [0, 0.05) is 24.6 Å². The Kier molecular flexibility index (Phi) is 10.2. The van der Waals surface area contributed by atoms with Gasteiger partial charge in [0.2, 0.25) is 0 Å². The summed E-state index contributed by atoms with van der Waals surface area (Å²) < 4.78 is 15.1. The molecule has 1 aliphatic heterocycles. The van der Waals surface area contributed by atoms with Crippen LogP contribution in [0.3, 0.4) is 0 Å². The fourth-order valence-corrected chi connectivity index (χ4v) is 4.47. The Balaban J connectivity index is 0.000000360. The van der Waals surface area contributed by atoms with Crippen LogP contribution in [-0.2, 0) is 16.1 Å². The van der Waals surface area contributed by atoms with Gasteiger partial charge in [0.05, 0.1) is 10.9 Å². The number of Topliss-reactive ketones (excluding diaryl/α,β-unsaturated/α-hetero) is 1. The Morgan fingerprint density at radius 1 is 0.949 bits per heavy atom. The number of rotatable bonds is 8. The molecule has 2 atom stereocenters. The van der Waals surface area contributed by atoms with Crippen LogP contribution in [0.15, 0.2) is 53.3 Å². The molecule has 0 unspecified atom stereocenters. The highest BCUT2D eigenvalue weighted by Crippen LogP contribution is 2.22. The molecular formula is C26H28FN3O8S. The summed E-state index contributed by atoms with van der Waals surface area (Å²) in [7, 11) is 0. The second kappa shape index (κ2) is 13.3. The number of hydrogen-bond acceptors (Lipinski definition) is 8. The summed E-state index contributed by atoms with van der Waals surface area (Å²) in [4.78, 5) is 50.3. The number of nitrogens with zero attached hydrogens (tertiary/aromatic N) is 2. The summed E-state index contributed by atoms with van der Waals surface area (Å²) in [5.41, 5.74) is 1.24. The molecule has 1 aliphatic rings. The van der Waals surface area contributed by atoms with E-state index in [1.807, 2.05) is 18.2 Å². The Morgan fingerprint density at radius 2 is 1.51 bits per heavy atom. The molecule has 5 N–H and O–H groups in total. The van der Waals surface area contributed by atoms with E-state index in [1.165, 1.54) is 12.1 Å². The lowest BCUT2D eigenvalue weighted by Gasteiger charge is -2.31. The second-order valence-corrected chi connectivity index (χ2v) is 9.37. The van der Waals surface area contributed by atoms with Gasteiger partial charge in [-0.1, -0.05) is 12.1 Å². The predicted molar refractivity (Wildman–Crippen MR) is 141 cm³/mol. The van der Waals surface area contributed by atoms with Crippen LogP contribution in [0.2, 0.25) is 0 Å². The standard InChI is InChI=1S/C22H22FN3O2S.C4H6O6/c23-17-7-5-15(6-8-17)20(27)16-9-11-25(12-10-16)13-14-26-21(28)18-3-1-2-4-19(18)24-22(26)29;5-1(3(7)8)2(6)4(9)10/h1-8,16H,9-14H2,(H,24,29);1-2,5-6H,(H,7,8)(H,9,10)/t;1-,2-/m.1/s1. The van der Waals surface area contributed by atoms with Crippen LogP contribution in [0.25, 0.3) is 10.9 Å². The van der Waals surface area contributed by atoms with Crippen molar-refractivity contribution in [3.63, 3.8) is 0 Å². The number of benzene rings is 2. The summed E-state index contributed by atoms with van der Waals surface area (Å²) >= 11 is 5.37. The van der Waals surface area contributed by atoms with Gasteiger partial charge in [0.1, 0.15) is 5.82 Å². The summed E-state index contributed by atoms with van der Waals surface area (Å²) in [5.74, 6) is -3.83. The number of piperidine rings is 1. The second-order valence-electron chi connectivity index (χ2n) is 8.99. The van der Waals surface area contributed by atoms with E-state index in [2.05, 4.69) is 9.88 Å². The summed E-state index contributed by atoms with van der Waals surface area (Å²) in [6.45, 7) is 2.79. The molecule has 4 rings (SSSR count). The molecule has 1 fully saturated rings. The normalized spacial score (nSPS) is 15.7. The number of nitrogens with one attached hydrogen (secondary N) is 1. The number of carboxylic acids is 2. The van der Waals surface area contributed by atoms with Gasteiger partial charge in [0.25, 0.3) is 5.56 Å². The number of aliphatic carboxylic acids is 2. The molecule has 39 heavy (non-hydrogen) atoms. The van der Waals surface area contributed by atoms with Gasteiger partial charge in [0.15, 0.2) is 22.8 Å². The van der Waals surface area contributed by atoms with Gasteiger partial charge in [-0.3, -0.25) is 14.2 Å². The topological polar surface area (TPSA) is 173 Å². The molecule has 3 aromatic rings. The van der Waals surface area contributed by atoms with Crippen molar-refractivity contribution >= 4 is 40.8 Å². The number of aromatic nitrogens is 2. The lowest BCUT2D eigenvalue weighted by atomic mass is 9.89. The van der Waals surface area contributed by atoms with E-state index in [1.54, 1.807) is 22.8 Å². The molecule has 0 bridgehead atoms.